The molecule has 1 N–H and O–H groups in total. The van der Waals surface area contributed by atoms with Gasteiger partial charge in [-0.2, -0.15) is 0 Å². The summed E-state index contributed by atoms with van der Waals surface area (Å²) in [4.78, 5) is 16.9. The molecule has 1 unspecified atom stereocenters. The van der Waals surface area contributed by atoms with Crippen molar-refractivity contribution < 1.29 is 13.9 Å². The molecule has 1 heterocycles. The average molecular weight is 438 g/mol. The van der Waals surface area contributed by atoms with Crippen LogP contribution in [0.4, 0.5) is 4.39 Å². The van der Waals surface area contributed by atoms with Crippen LogP contribution in [0.5, 0.6) is 0 Å². The van der Waals surface area contributed by atoms with Crippen molar-refractivity contribution in [3.63, 3.8) is 0 Å². The predicted molar refractivity (Wildman–Crippen MR) is 101 cm³/mol. The third-order valence-corrected chi connectivity index (χ3v) is 5.59. The number of halogens is 3. The van der Waals surface area contributed by atoms with Crippen LogP contribution in [0.25, 0.3) is 0 Å². The number of hydrogen-bond donors (Lipinski definition) is 1. The summed E-state index contributed by atoms with van der Waals surface area (Å²) in [6, 6.07) is 14.0. The van der Waals surface area contributed by atoms with E-state index in [0.29, 0.717) is 22.6 Å². The first-order chi connectivity index (χ1) is 12.5. The standard InChI is InChI=1S/C19H15BrClFN2O2/c20-12-6-7-15(21)13(8-12)19(10-22)14-9-16(14)26-18(24-19)23-17(25)11-4-2-1-3-5-11/h1-8,14,16H,9-10H2,(H,23,24,25)/t14-,16?,19+/m0/s1. The monoisotopic (exact) mass is 436 g/mol. The van der Waals surface area contributed by atoms with Crippen LogP contribution in [0.2, 0.25) is 5.02 Å². The molecule has 0 saturated heterocycles. The second kappa shape index (κ2) is 6.67. The van der Waals surface area contributed by atoms with Crippen molar-refractivity contribution in [3.8, 4) is 0 Å². The molecule has 0 aromatic heterocycles. The van der Waals surface area contributed by atoms with Crippen LogP contribution >= 0.6 is 27.5 Å². The summed E-state index contributed by atoms with van der Waals surface area (Å²) in [6.07, 6.45) is 0.491. The smallest absolute Gasteiger partial charge is 0.292 e. The van der Waals surface area contributed by atoms with Gasteiger partial charge in [0.1, 0.15) is 18.3 Å². The van der Waals surface area contributed by atoms with Crippen molar-refractivity contribution in [2.45, 2.75) is 18.1 Å². The van der Waals surface area contributed by atoms with E-state index in [1.54, 1.807) is 42.5 Å². The van der Waals surface area contributed by atoms with E-state index in [0.717, 1.165) is 4.47 Å². The van der Waals surface area contributed by atoms with E-state index in [-0.39, 0.29) is 24.0 Å². The molecule has 0 bridgehead atoms. The predicted octanol–water partition coefficient (Wildman–Crippen LogP) is 4.47. The molecule has 1 aliphatic heterocycles. The number of aliphatic imine (C=N–C) groups is 1. The maximum atomic E-state index is 14.3. The Labute approximate surface area is 163 Å². The summed E-state index contributed by atoms with van der Waals surface area (Å²) in [5.41, 5.74) is -0.0790. The van der Waals surface area contributed by atoms with E-state index in [2.05, 4.69) is 26.2 Å². The number of benzene rings is 2. The lowest BCUT2D eigenvalue weighted by Gasteiger charge is -2.32. The Morgan fingerprint density at radius 2 is 2.12 bits per heavy atom. The van der Waals surface area contributed by atoms with E-state index in [1.165, 1.54) is 0 Å². The largest absolute Gasteiger partial charge is 0.461 e. The lowest BCUT2D eigenvalue weighted by Crippen LogP contribution is -2.43. The minimum absolute atomic E-state index is 0.0336. The van der Waals surface area contributed by atoms with Gasteiger partial charge in [0, 0.05) is 26.5 Å². The fraction of sp³-hybridized carbons (Fsp3) is 0.263. The van der Waals surface area contributed by atoms with Gasteiger partial charge in [-0.25, -0.2) is 9.38 Å². The van der Waals surface area contributed by atoms with Gasteiger partial charge >= 0.3 is 0 Å². The summed E-state index contributed by atoms with van der Waals surface area (Å²) >= 11 is 9.75. The molecule has 134 valence electrons. The topological polar surface area (TPSA) is 50.7 Å². The summed E-state index contributed by atoms with van der Waals surface area (Å²) < 4.78 is 20.8. The van der Waals surface area contributed by atoms with Crippen LogP contribution in [0.1, 0.15) is 22.3 Å². The number of rotatable bonds is 3. The van der Waals surface area contributed by atoms with Gasteiger partial charge in [0.05, 0.1) is 0 Å². The third-order valence-electron chi connectivity index (χ3n) is 4.76. The average Bonchev–Trinajstić information content (AvgIpc) is 3.44. The zero-order valence-corrected chi connectivity index (χ0v) is 15.9. The van der Waals surface area contributed by atoms with Gasteiger partial charge in [-0.15, -0.1) is 0 Å². The Morgan fingerprint density at radius 3 is 2.85 bits per heavy atom. The molecule has 1 amide bonds. The molecule has 1 aliphatic carbocycles. The van der Waals surface area contributed by atoms with Gasteiger partial charge in [0.25, 0.3) is 11.9 Å². The first-order valence-electron chi connectivity index (χ1n) is 8.18. The summed E-state index contributed by atoms with van der Waals surface area (Å²) in [5, 5.41) is 3.09. The molecular formula is C19H15BrClFN2O2. The number of ether oxygens (including phenoxy) is 1. The van der Waals surface area contributed by atoms with Crippen molar-refractivity contribution in [2.75, 3.05) is 6.67 Å². The fourth-order valence-corrected chi connectivity index (χ4v) is 3.99. The van der Waals surface area contributed by atoms with Gasteiger partial charge in [-0.3, -0.25) is 10.1 Å². The number of nitrogens with zero attached hydrogens (tertiary/aromatic N) is 1. The molecule has 0 radical (unpaired) electrons. The van der Waals surface area contributed by atoms with Gasteiger partial charge in [0.15, 0.2) is 0 Å². The highest BCUT2D eigenvalue weighted by Crippen LogP contribution is 2.54. The molecule has 1 saturated carbocycles. The Morgan fingerprint density at radius 1 is 1.35 bits per heavy atom. The highest BCUT2D eigenvalue weighted by molar-refractivity contribution is 9.10. The van der Waals surface area contributed by atoms with Crippen molar-refractivity contribution in [2.24, 2.45) is 10.9 Å². The van der Waals surface area contributed by atoms with Gasteiger partial charge in [-0.05, 0) is 36.8 Å². The number of hydrogen-bond acceptors (Lipinski definition) is 3. The molecule has 26 heavy (non-hydrogen) atoms. The molecule has 4 rings (SSSR count). The quantitative estimate of drug-likeness (QED) is 0.770. The van der Waals surface area contributed by atoms with E-state index >= 15 is 0 Å². The van der Waals surface area contributed by atoms with Crippen molar-refractivity contribution in [1.82, 2.24) is 5.32 Å². The maximum absolute atomic E-state index is 14.3. The van der Waals surface area contributed by atoms with Crippen LogP contribution in [0.15, 0.2) is 58.0 Å². The zero-order valence-electron chi connectivity index (χ0n) is 13.6. The van der Waals surface area contributed by atoms with Crippen LogP contribution in [-0.4, -0.2) is 24.7 Å². The van der Waals surface area contributed by atoms with Crippen LogP contribution in [0, 0.1) is 5.92 Å². The molecule has 0 spiro atoms. The van der Waals surface area contributed by atoms with Crippen molar-refractivity contribution in [1.29, 1.82) is 0 Å². The number of amides is 1. The third kappa shape index (κ3) is 3.01. The van der Waals surface area contributed by atoms with E-state index in [4.69, 9.17) is 16.3 Å². The maximum Gasteiger partial charge on any atom is 0.292 e. The van der Waals surface area contributed by atoms with Crippen molar-refractivity contribution in [3.05, 3.63) is 69.2 Å². The number of alkyl halides is 1. The van der Waals surface area contributed by atoms with Crippen LogP contribution in [0.3, 0.4) is 0 Å². The number of amidine groups is 1. The first kappa shape index (κ1) is 17.5. The summed E-state index contributed by atoms with van der Waals surface area (Å²) in [6.45, 7) is -0.724. The van der Waals surface area contributed by atoms with E-state index in [9.17, 15) is 9.18 Å². The van der Waals surface area contributed by atoms with Gasteiger partial charge in [-0.1, -0.05) is 45.7 Å². The lowest BCUT2D eigenvalue weighted by molar-refractivity contribution is 0.0951. The Kier molecular flexibility index (Phi) is 4.49. The Balaban J connectivity index is 1.70. The minimum atomic E-state index is -1.15. The van der Waals surface area contributed by atoms with Crippen LogP contribution < -0.4 is 5.32 Å². The lowest BCUT2D eigenvalue weighted by atomic mass is 9.86. The second-order valence-electron chi connectivity index (χ2n) is 6.42. The molecule has 2 aromatic carbocycles. The minimum Gasteiger partial charge on any atom is -0.461 e. The number of nitrogens with one attached hydrogen (secondary N) is 1. The molecule has 7 heteroatoms. The SMILES string of the molecule is O=C(NC1=N[C@](CF)(c2cc(Br)ccc2Cl)[C@H]2CC2O1)c1ccccc1. The summed E-state index contributed by atoms with van der Waals surface area (Å²) in [7, 11) is 0. The zero-order chi connectivity index (χ0) is 18.3. The number of fused-ring (bicyclic) bond motifs is 1. The number of carbonyl (C=O) groups excluding carboxylic acids is 1. The molecular weight excluding hydrogens is 423 g/mol. The highest BCUT2D eigenvalue weighted by Gasteiger charge is 2.60. The summed E-state index contributed by atoms with van der Waals surface area (Å²) in [5.74, 6) is -0.451. The fourth-order valence-electron chi connectivity index (χ4n) is 3.34. The Bertz CT molecular complexity index is 892. The molecule has 2 aliphatic rings. The Hall–Kier alpha value is -1.92. The van der Waals surface area contributed by atoms with Gasteiger partial charge < -0.3 is 4.74 Å². The molecule has 1 fully saturated rings. The van der Waals surface area contributed by atoms with E-state index < -0.39 is 12.2 Å². The van der Waals surface area contributed by atoms with Crippen molar-refractivity contribution >= 4 is 39.5 Å². The van der Waals surface area contributed by atoms with E-state index in [1.807, 2.05) is 6.07 Å². The number of carbonyl (C=O) groups is 1. The normalized spacial score (nSPS) is 26.3. The van der Waals surface area contributed by atoms with Gasteiger partial charge in [0.2, 0.25) is 0 Å². The molecule has 3 atom stereocenters. The second-order valence-corrected chi connectivity index (χ2v) is 7.74. The molecule has 2 aromatic rings. The first-order valence-corrected chi connectivity index (χ1v) is 9.35. The highest BCUT2D eigenvalue weighted by atomic mass is 79.9. The van der Waals surface area contributed by atoms with Crippen LogP contribution in [-0.2, 0) is 10.3 Å². The molecule has 4 nitrogen and oxygen atoms in total.